The van der Waals surface area contributed by atoms with Crippen LogP contribution in [0.4, 0.5) is 13.2 Å². The minimum Gasteiger partial charge on any atom is -0.374 e. The Bertz CT molecular complexity index is 627. The maximum atomic E-state index is 12.3. The summed E-state index contributed by atoms with van der Waals surface area (Å²) >= 11 is 0. The summed E-state index contributed by atoms with van der Waals surface area (Å²) in [6.45, 7) is 1.16. The number of allylic oxidation sites excluding steroid dienone is 1. The van der Waals surface area contributed by atoms with Crippen molar-refractivity contribution in [2.75, 3.05) is 0 Å². The van der Waals surface area contributed by atoms with E-state index in [2.05, 4.69) is 4.18 Å². The van der Waals surface area contributed by atoms with E-state index in [1.54, 1.807) is 12.1 Å². The van der Waals surface area contributed by atoms with Crippen LogP contribution in [0.3, 0.4) is 0 Å². The van der Waals surface area contributed by atoms with Crippen LogP contribution >= 0.6 is 0 Å². The molecule has 0 N–H and O–H groups in total. The van der Waals surface area contributed by atoms with Gasteiger partial charge in [0.25, 0.3) is 0 Å². The lowest BCUT2D eigenvalue weighted by Gasteiger charge is -2.13. The molecule has 4 nitrogen and oxygen atoms in total. The summed E-state index contributed by atoms with van der Waals surface area (Å²) in [6, 6.07) is 8.77. The molecule has 0 saturated heterocycles. The standard InChI is InChI=1S/C11H8F3NO3S/c1-8(7-15)10(9-5-3-2-4-6-9)18-19(16,17)11(12,13)14/h2-6H,1H3/b10-8-. The molecule has 0 aliphatic rings. The van der Waals surface area contributed by atoms with Crippen molar-refractivity contribution < 1.29 is 25.8 Å². The molecule has 0 amide bonds. The van der Waals surface area contributed by atoms with Gasteiger partial charge in [-0.1, -0.05) is 30.3 Å². The van der Waals surface area contributed by atoms with E-state index in [0.29, 0.717) is 0 Å². The highest BCUT2D eigenvalue weighted by Gasteiger charge is 2.49. The Morgan fingerprint density at radius 1 is 1.26 bits per heavy atom. The number of halogens is 3. The van der Waals surface area contributed by atoms with Gasteiger partial charge in [0.05, 0.1) is 11.6 Å². The van der Waals surface area contributed by atoms with Crippen molar-refractivity contribution >= 4 is 15.9 Å². The summed E-state index contributed by atoms with van der Waals surface area (Å²) in [5.41, 5.74) is -5.77. The summed E-state index contributed by atoms with van der Waals surface area (Å²) in [4.78, 5) is 0. The number of nitriles is 1. The molecule has 8 heteroatoms. The van der Waals surface area contributed by atoms with Gasteiger partial charge in [0, 0.05) is 5.56 Å². The van der Waals surface area contributed by atoms with Crippen LogP contribution in [0, 0.1) is 11.3 Å². The van der Waals surface area contributed by atoms with Gasteiger partial charge in [0.1, 0.15) is 0 Å². The van der Waals surface area contributed by atoms with Gasteiger partial charge in [-0.2, -0.15) is 26.9 Å². The second-order valence-corrected chi connectivity index (χ2v) is 4.95. The van der Waals surface area contributed by atoms with Crippen molar-refractivity contribution in [1.29, 1.82) is 5.26 Å². The summed E-state index contributed by atoms with van der Waals surface area (Å²) in [6.07, 6.45) is 0. The van der Waals surface area contributed by atoms with E-state index < -0.39 is 21.4 Å². The van der Waals surface area contributed by atoms with Crippen LogP contribution in [0.5, 0.6) is 0 Å². The van der Waals surface area contributed by atoms with Gasteiger partial charge < -0.3 is 4.18 Å². The van der Waals surface area contributed by atoms with Crippen LogP contribution in [-0.4, -0.2) is 13.9 Å². The molecule has 0 radical (unpaired) electrons. The quantitative estimate of drug-likeness (QED) is 0.372. The second-order valence-electron chi connectivity index (χ2n) is 3.42. The molecule has 1 aromatic carbocycles. The van der Waals surface area contributed by atoms with E-state index >= 15 is 0 Å². The van der Waals surface area contributed by atoms with Gasteiger partial charge in [-0.3, -0.25) is 0 Å². The molecule has 0 saturated carbocycles. The molecular weight excluding hydrogens is 283 g/mol. The van der Waals surface area contributed by atoms with E-state index in [9.17, 15) is 21.6 Å². The number of hydrogen-bond acceptors (Lipinski definition) is 4. The van der Waals surface area contributed by atoms with E-state index in [4.69, 9.17) is 5.26 Å². The smallest absolute Gasteiger partial charge is 0.374 e. The Labute approximate surface area is 107 Å². The molecule has 0 atom stereocenters. The lowest BCUT2D eigenvalue weighted by molar-refractivity contribution is -0.0509. The molecular formula is C11H8F3NO3S. The first-order chi connectivity index (χ1) is 8.69. The van der Waals surface area contributed by atoms with Gasteiger partial charge in [-0.05, 0) is 6.92 Å². The highest BCUT2D eigenvalue weighted by molar-refractivity contribution is 7.87. The molecule has 102 valence electrons. The first kappa shape index (κ1) is 15.0. The van der Waals surface area contributed by atoms with Crippen molar-refractivity contribution in [1.82, 2.24) is 0 Å². The van der Waals surface area contributed by atoms with Crippen LogP contribution in [0.1, 0.15) is 12.5 Å². The van der Waals surface area contributed by atoms with Gasteiger partial charge in [-0.15, -0.1) is 0 Å². The molecule has 0 heterocycles. The number of hydrogen-bond donors (Lipinski definition) is 0. The Kier molecular flexibility index (Phi) is 4.21. The predicted octanol–water partition coefficient (Wildman–Crippen LogP) is 2.81. The molecule has 0 bridgehead atoms. The molecule has 0 unspecified atom stereocenters. The normalized spacial score (nSPS) is 13.4. The lowest BCUT2D eigenvalue weighted by Crippen LogP contribution is -2.25. The number of nitrogens with zero attached hydrogens (tertiary/aromatic N) is 1. The maximum Gasteiger partial charge on any atom is 0.534 e. The van der Waals surface area contributed by atoms with E-state index in [1.807, 2.05) is 0 Å². The van der Waals surface area contributed by atoms with Gasteiger partial charge in [0.2, 0.25) is 0 Å². The average Bonchev–Trinajstić information content (AvgIpc) is 2.35. The first-order valence-electron chi connectivity index (χ1n) is 4.86. The largest absolute Gasteiger partial charge is 0.534 e. The van der Waals surface area contributed by atoms with Crippen molar-refractivity contribution in [3.63, 3.8) is 0 Å². The van der Waals surface area contributed by atoms with Crippen molar-refractivity contribution in [3.8, 4) is 6.07 Å². The van der Waals surface area contributed by atoms with Crippen molar-refractivity contribution in [3.05, 3.63) is 41.5 Å². The van der Waals surface area contributed by atoms with E-state index in [0.717, 1.165) is 6.92 Å². The molecule has 1 aromatic rings. The Balaban J connectivity index is 3.30. The summed E-state index contributed by atoms with van der Waals surface area (Å²) < 4.78 is 62.8. The van der Waals surface area contributed by atoms with Gasteiger partial charge in [-0.25, -0.2) is 0 Å². The summed E-state index contributed by atoms with van der Waals surface area (Å²) in [7, 11) is -5.81. The zero-order chi connectivity index (χ0) is 14.7. The minimum atomic E-state index is -5.81. The zero-order valence-corrected chi connectivity index (χ0v) is 10.4. The van der Waals surface area contributed by atoms with E-state index in [-0.39, 0.29) is 11.1 Å². The SMILES string of the molecule is C/C(C#N)=C(/OS(=O)(=O)C(F)(F)F)c1ccccc1. The maximum absolute atomic E-state index is 12.3. The Morgan fingerprint density at radius 2 is 1.79 bits per heavy atom. The fraction of sp³-hybridized carbons (Fsp3) is 0.182. The molecule has 19 heavy (non-hydrogen) atoms. The van der Waals surface area contributed by atoms with E-state index in [1.165, 1.54) is 24.3 Å². The van der Waals surface area contributed by atoms with Crippen LogP contribution < -0.4 is 0 Å². The average molecular weight is 291 g/mol. The lowest BCUT2D eigenvalue weighted by atomic mass is 10.1. The monoisotopic (exact) mass is 291 g/mol. The second kappa shape index (κ2) is 5.32. The molecule has 1 rings (SSSR count). The number of rotatable bonds is 3. The summed E-state index contributed by atoms with van der Waals surface area (Å²) in [5.74, 6) is -0.638. The predicted molar refractivity (Wildman–Crippen MR) is 60.7 cm³/mol. The number of benzene rings is 1. The zero-order valence-electron chi connectivity index (χ0n) is 9.60. The van der Waals surface area contributed by atoms with Gasteiger partial charge in [0.15, 0.2) is 5.76 Å². The number of alkyl halides is 3. The third-order valence-electron chi connectivity index (χ3n) is 2.02. The van der Waals surface area contributed by atoms with Crippen LogP contribution in [-0.2, 0) is 14.3 Å². The molecule has 0 spiro atoms. The fourth-order valence-corrected chi connectivity index (χ4v) is 1.66. The fourth-order valence-electron chi connectivity index (χ4n) is 1.12. The van der Waals surface area contributed by atoms with Crippen LogP contribution in [0.2, 0.25) is 0 Å². The Morgan fingerprint density at radius 3 is 2.21 bits per heavy atom. The molecule has 0 aliphatic carbocycles. The van der Waals surface area contributed by atoms with Gasteiger partial charge >= 0.3 is 15.6 Å². The molecule has 0 aliphatic heterocycles. The van der Waals surface area contributed by atoms with Crippen molar-refractivity contribution in [2.45, 2.75) is 12.4 Å². The highest BCUT2D eigenvalue weighted by atomic mass is 32.2. The molecule has 0 aromatic heterocycles. The third-order valence-corrected chi connectivity index (χ3v) is 2.97. The third kappa shape index (κ3) is 3.48. The van der Waals surface area contributed by atoms with Crippen LogP contribution in [0.15, 0.2) is 35.9 Å². The first-order valence-corrected chi connectivity index (χ1v) is 6.27. The highest BCUT2D eigenvalue weighted by Crippen LogP contribution is 2.31. The van der Waals surface area contributed by atoms with Crippen LogP contribution in [0.25, 0.3) is 5.76 Å². The Hall–Kier alpha value is -2.01. The van der Waals surface area contributed by atoms with Crippen molar-refractivity contribution in [2.24, 2.45) is 0 Å². The minimum absolute atomic E-state index is 0.0642. The summed E-state index contributed by atoms with van der Waals surface area (Å²) in [5, 5.41) is 8.70. The molecule has 0 fully saturated rings. The topological polar surface area (TPSA) is 67.2 Å².